The van der Waals surface area contributed by atoms with Gasteiger partial charge in [-0.2, -0.15) is 5.10 Å². The summed E-state index contributed by atoms with van der Waals surface area (Å²) in [5.41, 5.74) is 4.57. The highest BCUT2D eigenvalue weighted by Crippen LogP contribution is 2.17. The van der Waals surface area contributed by atoms with E-state index in [2.05, 4.69) is 83.5 Å². The van der Waals surface area contributed by atoms with Crippen LogP contribution in [0.5, 0.6) is 0 Å². The molecule has 0 fully saturated rings. The van der Waals surface area contributed by atoms with Crippen LogP contribution in [0.4, 0.5) is 0 Å². The van der Waals surface area contributed by atoms with Gasteiger partial charge in [0.1, 0.15) is 0 Å². The van der Waals surface area contributed by atoms with E-state index in [1.807, 2.05) is 6.07 Å². The van der Waals surface area contributed by atoms with Gasteiger partial charge < -0.3 is 17.0 Å². The third-order valence-electron chi connectivity index (χ3n) is 3.59. The van der Waals surface area contributed by atoms with Gasteiger partial charge in [0, 0.05) is 12.5 Å². The van der Waals surface area contributed by atoms with E-state index in [1.54, 1.807) is 0 Å². The van der Waals surface area contributed by atoms with Gasteiger partial charge in [0.2, 0.25) is 0 Å². The lowest BCUT2D eigenvalue weighted by atomic mass is 10.1. The maximum absolute atomic E-state index is 4.43. The number of aromatic amines is 1. The highest BCUT2D eigenvalue weighted by Gasteiger charge is 2.10. The average molecular weight is 358 g/mol. The lowest BCUT2D eigenvalue weighted by molar-refractivity contribution is -0.715. The lowest BCUT2D eigenvalue weighted by Crippen LogP contribution is -3.00. The molecule has 0 aliphatic carbocycles. The highest BCUT2D eigenvalue weighted by atomic mass is 79.9. The maximum Gasteiger partial charge on any atom is 0.178 e. The number of nitrogens with zero attached hydrogens (tertiary/aromatic N) is 2. The van der Waals surface area contributed by atoms with Gasteiger partial charge in [-0.05, 0) is 31.5 Å². The van der Waals surface area contributed by atoms with Gasteiger partial charge >= 0.3 is 0 Å². The van der Waals surface area contributed by atoms with Crippen molar-refractivity contribution < 1.29 is 21.5 Å². The second-order valence-corrected chi connectivity index (χ2v) is 5.57. The monoisotopic (exact) mass is 357 g/mol. The van der Waals surface area contributed by atoms with Crippen LogP contribution < -0.4 is 21.5 Å². The number of halogens is 1. The van der Waals surface area contributed by atoms with Crippen LogP contribution in [0, 0.1) is 0 Å². The fraction of sp³-hybridized carbons (Fsp3) is 0.222. The predicted octanol–water partition coefficient (Wildman–Crippen LogP) is 0.540. The Bertz CT molecular complexity index is 720. The van der Waals surface area contributed by atoms with Crippen molar-refractivity contribution in [2.45, 2.75) is 26.3 Å². The van der Waals surface area contributed by atoms with E-state index in [0.29, 0.717) is 6.04 Å². The molecular weight excluding hydrogens is 338 g/mol. The SMILES string of the molecule is CC(C)[n+]1cccc(-c2cc(Cc3ccccc3)n[nH]2)c1.[Br-]. The molecule has 3 nitrogen and oxygen atoms in total. The molecule has 0 radical (unpaired) electrons. The number of nitrogens with one attached hydrogen (secondary N) is 1. The van der Waals surface area contributed by atoms with E-state index in [4.69, 9.17) is 0 Å². The number of hydrogen-bond acceptors (Lipinski definition) is 1. The third kappa shape index (κ3) is 3.83. The molecule has 114 valence electrons. The largest absolute Gasteiger partial charge is 1.00 e. The normalized spacial score (nSPS) is 10.5. The molecule has 0 atom stereocenters. The zero-order valence-corrected chi connectivity index (χ0v) is 14.4. The Kier molecular flexibility index (Phi) is 5.50. The Labute approximate surface area is 141 Å². The van der Waals surface area contributed by atoms with Crippen LogP contribution in [0.25, 0.3) is 11.3 Å². The molecule has 0 unspecified atom stereocenters. The first-order chi connectivity index (χ1) is 10.2. The third-order valence-corrected chi connectivity index (χ3v) is 3.59. The van der Waals surface area contributed by atoms with Crippen molar-refractivity contribution in [2.24, 2.45) is 0 Å². The summed E-state index contributed by atoms with van der Waals surface area (Å²) < 4.78 is 2.20. The first kappa shape index (κ1) is 16.4. The summed E-state index contributed by atoms with van der Waals surface area (Å²) >= 11 is 0. The Morgan fingerprint density at radius 2 is 1.86 bits per heavy atom. The molecule has 0 spiro atoms. The molecule has 2 heterocycles. The second kappa shape index (κ2) is 7.36. The van der Waals surface area contributed by atoms with Gasteiger partial charge in [-0.1, -0.05) is 30.3 Å². The molecule has 0 aliphatic heterocycles. The van der Waals surface area contributed by atoms with E-state index >= 15 is 0 Å². The second-order valence-electron chi connectivity index (χ2n) is 5.57. The van der Waals surface area contributed by atoms with E-state index in [0.717, 1.165) is 23.4 Å². The van der Waals surface area contributed by atoms with Gasteiger partial charge in [0.05, 0.1) is 17.0 Å². The molecule has 2 aromatic heterocycles. The minimum Gasteiger partial charge on any atom is -1.00 e. The zero-order chi connectivity index (χ0) is 14.7. The Morgan fingerprint density at radius 1 is 1.09 bits per heavy atom. The first-order valence-electron chi connectivity index (χ1n) is 7.32. The predicted molar refractivity (Wildman–Crippen MR) is 83.9 cm³/mol. The van der Waals surface area contributed by atoms with Crippen molar-refractivity contribution in [3.63, 3.8) is 0 Å². The average Bonchev–Trinajstić information content (AvgIpc) is 2.97. The van der Waals surface area contributed by atoms with E-state index < -0.39 is 0 Å². The van der Waals surface area contributed by atoms with Crippen LogP contribution in [-0.4, -0.2) is 10.2 Å². The Morgan fingerprint density at radius 3 is 2.59 bits per heavy atom. The van der Waals surface area contributed by atoms with Crippen molar-refractivity contribution in [3.05, 3.63) is 72.2 Å². The molecule has 0 bridgehead atoms. The van der Waals surface area contributed by atoms with E-state index in [-0.39, 0.29) is 17.0 Å². The van der Waals surface area contributed by atoms with Crippen molar-refractivity contribution in [1.29, 1.82) is 0 Å². The molecule has 0 saturated carbocycles. The van der Waals surface area contributed by atoms with Crippen LogP contribution in [-0.2, 0) is 6.42 Å². The zero-order valence-electron chi connectivity index (χ0n) is 12.8. The summed E-state index contributed by atoms with van der Waals surface area (Å²) in [6, 6.07) is 17.2. The van der Waals surface area contributed by atoms with Gasteiger partial charge in [-0.15, -0.1) is 0 Å². The minimum absolute atomic E-state index is 0. The summed E-state index contributed by atoms with van der Waals surface area (Å²) in [5, 5.41) is 7.57. The van der Waals surface area contributed by atoms with Gasteiger partial charge in [0.25, 0.3) is 0 Å². The van der Waals surface area contributed by atoms with Gasteiger partial charge in [0.15, 0.2) is 18.4 Å². The number of H-pyrrole nitrogens is 1. The van der Waals surface area contributed by atoms with Crippen LogP contribution in [0.3, 0.4) is 0 Å². The van der Waals surface area contributed by atoms with Crippen LogP contribution in [0.2, 0.25) is 0 Å². The van der Waals surface area contributed by atoms with Crippen molar-refractivity contribution in [1.82, 2.24) is 10.2 Å². The molecule has 3 aromatic rings. The number of hydrogen-bond donors (Lipinski definition) is 1. The van der Waals surface area contributed by atoms with Crippen molar-refractivity contribution in [3.8, 4) is 11.3 Å². The first-order valence-corrected chi connectivity index (χ1v) is 7.32. The highest BCUT2D eigenvalue weighted by molar-refractivity contribution is 5.57. The Balaban J connectivity index is 0.00000176. The summed E-state index contributed by atoms with van der Waals surface area (Å²) in [4.78, 5) is 0. The van der Waals surface area contributed by atoms with Gasteiger partial charge in [-0.3, -0.25) is 5.10 Å². The summed E-state index contributed by atoms with van der Waals surface area (Å²) in [6.07, 6.45) is 5.11. The summed E-state index contributed by atoms with van der Waals surface area (Å²) in [5.74, 6) is 0. The fourth-order valence-corrected chi connectivity index (χ4v) is 2.38. The lowest BCUT2D eigenvalue weighted by Gasteiger charge is -2.01. The smallest absolute Gasteiger partial charge is 0.178 e. The van der Waals surface area contributed by atoms with Crippen LogP contribution in [0.1, 0.15) is 31.1 Å². The molecule has 0 aliphatic rings. The molecular formula is C18H20BrN3. The van der Waals surface area contributed by atoms with Crippen LogP contribution in [0.15, 0.2) is 60.9 Å². The number of aromatic nitrogens is 3. The topological polar surface area (TPSA) is 32.6 Å². The number of pyridine rings is 1. The van der Waals surface area contributed by atoms with Crippen molar-refractivity contribution >= 4 is 0 Å². The number of benzene rings is 1. The molecule has 4 heteroatoms. The maximum atomic E-state index is 4.43. The fourth-order valence-electron chi connectivity index (χ4n) is 2.38. The molecule has 0 amide bonds. The van der Waals surface area contributed by atoms with Gasteiger partial charge in [-0.25, -0.2) is 4.57 Å². The molecule has 3 rings (SSSR count). The molecule has 1 N–H and O–H groups in total. The summed E-state index contributed by atoms with van der Waals surface area (Å²) in [7, 11) is 0. The van der Waals surface area contributed by atoms with E-state index in [9.17, 15) is 0 Å². The Hall–Kier alpha value is -1.94. The molecule has 1 aromatic carbocycles. The molecule has 22 heavy (non-hydrogen) atoms. The number of rotatable bonds is 4. The minimum atomic E-state index is 0. The summed E-state index contributed by atoms with van der Waals surface area (Å²) in [6.45, 7) is 4.36. The standard InChI is InChI=1S/C18H20N3.BrH/c1-14(2)21-10-6-9-16(13-21)18-12-17(19-20-18)11-15-7-4-3-5-8-15;/h3-10,12-14H,11H2,1-2H3,(H,19,20);1H/q+1;/p-1. The quantitative estimate of drug-likeness (QED) is 0.679. The van der Waals surface area contributed by atoms with E-state index in [1.165, 1.54) is 5.56 Å². The molecule has 0 saturated heterocycles. The van der Waals surface area contributed by atoms with Crippen molar-refractivity contribution in [2.75, 3.05) is 0 Å². The van der Waals surface area contributed by atoms with Crippen LogP contribution >= 0.6 is 0 Å².